The third-order valence-corrected chi connectivity index (χ3v) is 2.61. The molecular weight excluding hydrogens is 212 g/mol. The van der Waals surface area contributed by atoms with Gasteiger partial charge < -0.3 is 4.74 Å². The summed E-state index contributed by atoms with van der Waals surface area (Å²) in [6.45, 7) is 0. The van der Waals surface area contributed by atoms with E-state index >= 15 is 0 Å². The highest BCUT2D eigenvalue weighted by Gasteiger charge is 2.08. The Morgan fingerprint density at radius 2 is 2.07 bits per heavy atom. The van der Waals surface area contributed by atoms with Gasteiger partial charge in [-0.05, 0) is 30.5 Å². The van der Waals surface area contributed by atoms with Gasteiger partial charge >= 0.3 is 0 Å². The van der Waals surface area contributed by atoms with Gasteiger partial charge in [-0.1, -0.05) is 12.1 Å². The molecule has 1 aromatic rings. The number of hydrogen-bond donors (Lipinski definition) is 2. The molecule has 0 saturated carbocycles. The molecule has 1 atom stereocenters. The van der Waals surface area contributed by atoms with Gasteiger partial charge in [-0.15, -0.1) is 11.6 Å². The Hall–Kier alpha value is -0.770. The van der Waals surface area contributed by atoms with Crippen LogP contribution in [0.2, 0.25) is 0 Å². The van der Waals surface area contributed by atoms with Gasteiger partial charge in [0.15, 0.2) is 0 Å². The zero-order valence-corrected chi connectivity index (χ0v) is 9.63. The minimum Gasteiger partial charge on any atom is -0.497 e. The standard InChI is InChI=1S/C11H17ClN2O/c1-15-10-6-4-9(5-7-10)11(14-13)3-2-8-12/h4-7,11,14H,2-3,8,13H2,1H3. The largest absolute Gasteiger partial charge is 0.497 e. The Balaban J connectivity index is 2.65. The molecule has 0 heterocycles. The van der Waals surface area contributed by atoms with Crippen LogP contribution in [-0.2, 0) is 0 Å². The van der Waals surface area contributed by atoms with E-state index in [2.05, 4.69) is 5.43 Å². The van der Waals surface area contributed by atoms with Crippen molar-refractivity contribution in [1.82, 2.24) is 5.43 Å². The molecule has 0 radical (unpaired) electrons. The average Bonchev–Trinajstić information content (AvgIpc) is 2.31. The van der Waals surface area contributed by atoms with Crippen LogP contribution in [0, 0.1) is 0 Å². The van der Waals surface area contributed by atoms with Gasteiger partial charge in [0, 0.05) is 11.9 Å². The summed E-state index contributed by atoms with van der Waals surface area (Å²) in [5.41, 5.74) is 3.95. The van der Waals surface area contributed by atoms with Crippen molar-refractivity contribution < 1.29 is 4.74 Å². The fourth-order valence-corrected chi connectivity index (χ4v) is 1.62. The van der Waals surface area contributed by atoms with E-state index in [0.717, 1.165) is 24.2 Å². The molecular formula is C11H17ClN2O. The second-order valence-electron chi connectivity index (χ2n) is 3.32. The van der Waals surface area contributed by atoms with Crippen molar-refractivity contribution in [2.24, 2.45) is 5.84 Å². The molecule has 0 spiro atoms. The molecule has 3 N–H and O–H groups in total. The number of nitrogens with one attached hydrogen (secondary N) is 1. The minimum absolute atomic E-state index is 0.162. The molecule has 0 saturated heterocycles. The second kappa shape index (κ2) is 6.67. The predicted molar refractivity (Wildman–Crippen MR) is 63.0 cm³/mol. The van der Waals surface area contributed by atoms with Gasteiger partial charge in [-0.3, -0.25) is 11.3 Å². The Bertz CT molecular complexity index is 276. The third-order valence-electron chi connectivity index (χ3n) is 2.35. The summed E-state index contributed by atoms with van der Waals surface area (Å²) < 4.78 is 5.09. The molecule has 1 unspecified atom stereocenters. The summed E-state index contributed by atoms with van der Waals surface area (Å²) in [7, 11) is 1.65. The molecule has 0 aliphatic rings. The number of halogens is 1. The number of nitrogens with two attached hydrogens (primary N) is 1. The van der Waals surface area contributed by atoms with Crippen molar-refractivity contribution >= 4 is 11.6 Å². The lowest BCUT2D eigenvalue weighted by Crippen LogP contribution is -2.28. The topological polar surface area (TPSA) is 47.3 Å². The normalized spacial score (nSPS) is 12.5. The van der Waals surface area contributed by atoms with Crippen LogP contribution in [0.4, 0.5) is 0 Å². The van der Waals surface area contributed by atoms with Crippen LogP contribution in [0.5, 0.6) is 5.75 Å². The van der Waals surface area contributed by atoms with E-state index < -0.39 is 0 Å². The van der Waals surface area contributed by atoms with Crippen LogP contribution in [0.25, 0.3) is 0 Å². The van der Waals surface area contributed by atoms with Crippen molar-refractivity contribution in [3.05, 3.63) is 29.8 Å². The van der Waals surface area contributed by atoms with E-state index in [9.17, 15) is 0 Å². The fraction of sp³-hybridized carbons (Fsp3) is 0.455. The maximum Gasteiger partial charge on any atom is 0.118 e. The quantitative estimate of drug-likeness (QED) is 0.446. The zero-order valence-electron chi connectivity index (χ0n) is 8.87. The van der Waals surface area contributed by atoms with Crippen molar-refractivity contribution in [3.8, 4) is 5.75 Å². The first-order valence-corrected chi connectivity index (χ1v) is 5.51. The van der Waals surface area contributed by atoms with Gasteiger partial charge in [0.2, 0.25) is 0 Å². The van der Waals surface area contributed by atoms with E-state index in [1.165, 1.54) is 0 Å². The zero-order chi connectivity index (χ0) is 11.1. The van der Waals surface area contributed by atoms with Crippen LogP contribution in [0.1, 0.15) is 24.4 Å². The third kappa shape index (κ3) is 3.70. The summed E-state index contributed by atoms with van der Waals surface area (Å²) in [6.07, 6.45) is 1.88. The molecule has 4 heteroatoms. The highest BCUT2D eigenvalue weighted by atomic mass is 35.5. The predicted octanol–water partition coefficient (Wildman–Crippen LogP) is 2.22. The number of methoxy groups -OCH3 is 1. The number of alkyl halides is 1. The van der Waals surface area contributed by atoms with Crippen LogP contribution in [-0.4, -0.2) is 13.0 Å². The van der Waals surface area contributed by atoms with E-state index in [0.29, 0.717) is 5.88 Å². The number of ether oxygens (including phenoxy) is 1. The molecule has 1 rings (SSSR count). The number of benzene rings is 1. The molecule has 3 nitrogen and oxygen atoms in total. The number of rotatable bonds is 6. The van der Waals surface area contributed by atoms with Crippen molar-refractivity contribution in [3.63, 3.8) is 0 Å². The SMILES string of the molecule is COc1ccc(C(CCCCl)NN)cc1. The molecule has 0 amide bonds. The first-order chi connectivity index (χ1) is 7.31. The van der Waals surface area contributed by atoms with E-state index in [1.54, 1.807) is 7.11 Å². The lowest BCUT2D eigenvalue weighted by Gasteiger charge is -2.15. The highest BCUT2D eigenvalue weighted by molar-refractivity contribution is 6.17. The molecule has 0 aliphatic carbocycles. The van der Waals surface area contributed by atoms with E-state index in [-0.39, 0.29) is 6.04 Å². The minimum atomic E-state index is 0.162. The van der Waals surface area contributed by atoms with E-state index in [1.807, 2.05) is 24.3 Å². The van der Waals surface area contributed by atoms with E-state index in [4.69, 9.17) is 22.2 Å². The van der Waals surface area contributed by atoms with Crippen LogP contribution in [0.3, 0.4) is 0 Å². The van der Waals surface area contributed by atoms with Gasteiger partial charge in [0.25, 0.3) is 0 Å². The van der Waals surface area contributed by atoms with Crippen LogP contribution < -0.4 is 16.0 Å². The second-order valence-corrected chi connectivity index (χ2v) is 3.70. The van der Waals surface area contributed by atoms with Gasteiger partial charge in [0.05, 0.1) is 7.11 Å². The van der Waals surface area contributed by atoms with Crippen molar-refractivity contribution in [2.75, 3.05) is 13.0 Å². The first kappa shape index (κ1) is 12.3. The average molecular weight is 229 g/mol. The number of hydrogen-bond acceptors (Lipinski definition) is 3. The summed E-state index contributed by atoms with van der Waals surface area (Å²) >= 11 is 5.65. The van der Waals surface area contributed by atoms with Crippen LogP contribution >= 0.6 is 11.6 Å². The smallest absolute Gasteiger partial charge is 0.118 e. The van der Waals surface area contributed by atoms with Gasteiger partial charge in [0.1, 0.15) is 5.75 Å². The summed E-state index contributed by atoms with van der Waals surface area (Å²) in [5, 5.41) is 0. The Labute approximate surface area is 95.5 Å². The Morgan fingerprint density at radius 3 is 2.53 bits per heavy atom. The fourth-order valence-electron chi connectivity index (χ4n) is 1.46. The highest BCUT2D eigenvalue weighted by Crippen LogP contribution is 2.20. The molecule has 15 heavy (non-hydrogen) atoms. The van der Waals surface area contributed by atoms with Gasteiger partial charge in [-0.25, -0.2) is 0 Å². The van der Waals surface area contributed by atoms with Crippen molar-refractivity contribution in [1.29, 1.82) is 0 Å². The Morgan fingerprint density at radius 1 is 1.40 bits per heavy atom. The maximum atomic E-state index is 5.65. The lowest BCUT2D eigenvalue weighted by molar-refractivity contribution is 0.414. The summed E-state index contributed by atoms with van der Waals surface area (Å²) in [4.78, 5) is 0. The van der Waals surface area contributed by atoms with Crippen LogP contribution in [0.15, 0.2) is 24.3 Å². The molecule has 0 aromatic heterocycles. The molecule has 84 valence electrons. The summed E-state index contributed by atoms with van der Waals surface area (Å²) in [6, 6.07) is 8.05. The molecule has 0 aliphatic heterocycles. The first-order valence-electron chi connectivity index (χ1n) is 4.98. The van der Waals surface area contributed by atoms with Gasteiger partial charge in [-0.2, -0.15) is 0 Å². The number of hydrazine groups is 1. The molecule has 1 aromatic carbocycles. The Kier molecular flexibility index (Phi) is 5.47. The van der Waals surface area contributed by atoms with Crippen molar-refractivity contribution in [2.45, 2.75) is 18.9 Å². The monoisotopic (exact) mass is 228 g/mol. The maximum absolute atomic E-state index is 5.65. The lowest BCUT2D eigenvalue weighted by atomic mass is 10.0. The summed E-state index contributed by atoms with van der Waals surface area (Å²) in [5.74, 6) is 7.01. The molecule has 0 fully saturated rings. The molecule has 0 bridgehead atoms.